The summed E-state index contributed by atoms with van der Waals surface area (Å²) in [6, 6.07) is 4.40. The van der Waals surface area contributed by atoms with E-state index in [1.54, 1.807) is 4.90 Å². The second-order valence-electron chi connectivity index (χ2n) is 6.85. The zero-order valence-corrected chi connectivity index (χ0v) is 16.1. The molecule has 0 radical (unpaired) electrons. The van der Waals surface area contributed by atoms with Crippen molar-refractivity contribution in [3.8, 4) is 5.75 Å². The van der Waals surface area contributed by atoms with Gasteiger partial charge in [0.1, 0.15) is 5.75 Å². The van der Waals surface area contributed by atoms with E-state index in [0.717, 1.165) is 0 Å². The molecule has 0 spiro atoms. The Bertz CT molecular complexity index is 879. The lowest BCUT2D eigenvalue weighted by atomic mass is 10.2. The molecule has 0 unspecified atom stereocenters. The maximum Gasteiger partial charge on any atom is 0.262 e. The van der Waals surface area contributed by atoms with Crippen LogP contribution in [0.3, 0.4) is 0 Å². The fourth-order valence-corrected chi connectivity index (χ4v) is 4.62. The molecule has 0 atom stereocenters. The second kappa shape index (κ2) is 6.93. The molecule has 3 aliphatic rings. The maximum absolute atomic E-state index is 12.9. The third kappa shape index (κ3) is 3.62. The van der Waals surface area contributed by atoms with E-state index in [4.69, 9.17) is 10.5 Å². The van der Waals surface area contributed by atoms with Crippen LogP contribution in [0.4, 0.5) is 5.69 Å². The molecule has 1 aliphatic carbocycles. The van der Waals surface area contributed by atoms with Crippen molar-refractivity contribution in [1.82, 2.24) is 9.21 Å². The summed E-state index contributed by atoms with van der Waals surface area (Å²) < 4.78 is 32.4. The number of hydrogen-bond donors (Lipinski definition) is 2. The molecule has 1 saturated heterocycles. The Morgan fingerprint density at radius 1 is 1.19 bits per heavy atom. The molecule has 1 aromatic rings. The third-order valence-electron chi connectivity index (χ3n) is 4.96. The van der Waals surface area contributed by atoms with E-state index in [-0.39, 0.29) is 48.8 Å². The van der Waals surface area contributed by atoms with Gasteiger partial charge in [0.15, 0.2) is 6.61 Å². The first-order valence-electron chi connectivity index (χ1n) is 8.45. The Kier molecular flexibility index (Phi) is 5.10. The highest BCUT2D eigenvalue weighted by atomic mass is 35.5. The van der Waals surface area contributed by atoms with Gasteiger partial charge in [0.2, 0.25) is 15.9 Å². The molecule has 2 aliphatic heterocycles. The molecular weight excluding hydrogens is 396 g/mol. The predicted molar refractivity (Wildman–Crippen MR) is 99.3 cm³/mol. The number of anilines is 1. The van der Waals surface area contributed by atoms with Crippen molar-refractivity contribution < 1.29 is 22.7 Å². The number of ether oxygens (including phenoxy) is 1. The van der Waals surface area contributed by atoms with Gasteiger partial charge in [-0.3, -0.25) is 9.59 Å². The minimum absolute atomic E-state index is 0. The summed E-state index contributed by atoms with van der Waals surface area (Å²) >= 11 is 0. The Balaban J connectivity index is 0.00000210. The number of rotatable bonds is 3. The average Bonchev–Trinajstić information content (AvgIpc) is 3.39. The fraction of sp³-hybridized carbons (Fsp3) is 0.500. The Morgan fingerprint density at radius 3 is 2.48 bits per heavy atom. The number of sulfonamides is 1. The molecule has 27 heavy (non-hydrogen) atoms. The Morgan fingerprint density at radius 2 is 1.85 bits per heavy atom. The molecule has 11 heteroatoms. The van der Waals surface area contributed by atoms with Crippen LogP contribution in [-0.4, -0.2) is 67.8 Å². The monoisotopic (exact) mass is 416 g/mol. The average molecular weight is 417 g/mol. The van der Waals surface area contributed by atoms with E-state index in [2.05, 4.69) is 5.32 Å². The summed E-state index contributed by atoms with van der Waals surface area (Å²) in [5.74, 6) is 0.0230. The molecule has 0 aromatic heterocycles. The molecule has 4 rings (SSSR count). The zero-order valence-electron chi connectivity index (χ0n) is 14.5. The van der Waals surface area contributed by atoms with Crippen LogP contribution in [0.5, 0.6) is 5.75 Å². The molecule has 9 nitrogen and oxygen atoms in total. The quantitative estimate of drug-likeness (QED) is 0.701. The van der Waals surface area contributed by atoms with Crippen molar-refractivity contribution in [2.75, 3.05) is 38.1 Å². The summed E-state index contributed by atoms with van der Waals surface area (Å²) in [7, 11) is -3.72. The molecular formula is C16H21ClN4O5S. The smallest absolute Gasteiger partial charge is 0.262 e. The molecule has 148 valence electrons. The summed E-state index contributed by atoms with van der Waals surface area (Å²) in [5.41, 5.74) is 5.54. The van der Waals surface area contributed by atoms with Gasteiger partial charge in [-0.1, -0.05) is 0 Å². The number of carbonyl (C=O) groups excluding carboxylic acids is 2. The molecule has 1 saturated carbocycles. The summed E-state index contributed by atoms with van der Waals surface area (Å²) in [6.07, 6.45) is 1.38. The number of nitrogens with one attached hydrogen (secondary N) is 1. The standard InChI is InChI=1S/C16H20N4O5S.ClH/c17-16(3-4-16)15(22)19-5-7-20(8-6-19)26(23,24)11-1-2-13-12(9-11)18-14(21)10-25-13;/h1-2,9H,3-8,10,17H2,(H,18,21);1H. The van der Waals surface area contributed by atoms with Gasteiger partial charge in [0.05, 0.1) is 16.1 Å². The van der Waals surface area contributed by atoms with Gasteiger partial charge in [0, 0.05) is 26.2 Å². The Labute approximate surface area is 163 Å². The largest absolute Gasteiger partial charge is 0.482 e. The summed E-state index contributed by atoms with van der Waals surface area (Å²) in [4.78, 5) is 25.4. The molecule has 3 N–H and O–H groups in total. The topological polar surface area (TPSA) is 122 Å². The van der Waals surface area contributed by atoms with Crippen LogP contribution in [0, 0.1) is 0 Å². The molecule has 2 fully saturated rings. The number of nitrogens with zero attached hydrogens (tertiary/aromatic N) is 2. The van der Waals surface area contributed by atoms with E-state index in [0.29, 0.717) is 37.4 Å². The van der Waals surface area contributed by atoms with Gasteiger partial charge in [-0.15, -0.1) is 12.4 Å². The fourth-order valence-electron chi connectivity index (χ4n) is 3.17. The van der Waals surface area contributed by atoms with Crippen LogP contribution >= 0.6 is 12.4 Å². The SMILES string of the molecule is Cl.NC1(C(=O)N2CCN(S(=O)(=O)c3ccc4c(c3)NC(=O)CO4)CC2)CC1. The molecule has 2 amide bonds. The van der Waals surface area contributed by atoms with E-state index < -0.39 is 15.6 Å². The van der Waals surface area contributed by atoms with Gasteiger partial charge in [0.25, 0.3) is 5.91 Å². The highest BCUT2D eigenvalue weighted by molar-refractivity contribution is 7.89. The highest BCUT2D eigenvalue weighted by Crippen LogP contribution is 2.35. The zero-order chi connectivity index (χ0) is 18.5. The molecule has 2 heterocycles. The van der Waals surface area contributed by atoms with Gasteiger partial charge in [-0.05, 0) is 31.0 Å². The number of nitrogens with two attached hydrogens (primary N) is 1. The highest BCUT2D eigenvalue weighted by Gasteiger charge is 2.48. The van der Waals surface area contributed by atoms with Crippen LogP contribution in [0.2, 0.25) is 0 Å². The van der Waals surface area contributed by atoms with Crippen LogP contribution < -0.4 is 15.8 Å². The number of halogens is 1. The van der Waals surface area contributed by atoms with Crippen LogP contribution in [0.25, 0.3) is 0 Å². The minimum atomic E-state index is -3.72. The lowest BCUT2D eigenvalue weighted by Crippen LogP contribution is -2.55. The van der Waals surface area contributed by atoms with Crippen LogP contribution in [0.15, 0.2) is 23.1 Å². The first-order valence-corrected chi connectivity index (χ1v) is 9.89. The Hall–Kier alpha value is -1.88. The number of hydrogen-bond acceptors (Lipinski definition) is 6. The number of carbonyl (C=O) groups is 2. The van der Waals surface area contributed by atoms with E-state index in [1.807, 2.05) is 0 Å². The van der Waals surface area contributed by atoms with Crippen molar-refractivity contribution in [3.63, 3.8) is 0 Å². The number of amides is 2. The first kappa shape index (κ1) is 19.9. The first-order chi connectivity index (χ1) is 12.3. The molecule has 0 bridgehead atoms. The summed E-state index contributed by atoms with van der Waals surface area (Å²) in [6.45, 7) is 0.982. The predicted octanol–water partition coefficient (Wildman–Crippen LogP) is -0.236. The normalized spacial score (nSPS) is 21.4. The van der Waals surface area contributed by atoms with Gasteiger partial charge < -0.3 is 20.7 Å². The van der Waals surface area contributed by atoms with Gasteiger partial charge >= 0.3 is 0 Å². The van der Waals surface area contributed by atoms with E-state index in [9.17, 15) is 18.0 Å². The summed E-state index contributed by atoms with van der Waals surface area (Å²) in [5, 5.41) is 2.61. The van der Waals surface area contributed by atoms with E-state index in [1.165, 1.54) is 22.5 Å². The van der Waals surface area contributed by atoms with Crippen molar-refractivity contribution in [1.29, 1.82) is 0 Å². The molecule has 1 aromatic carbocycles. The number of piperazine rings is 1. The second-order valence-corrected chi connectivity index (χ2v) is 8.79. The van der Waals surface area contributed by atoms with Crippen molar-refractivity contribution >= 4 is 39.9 Å². The van der Waals surface area contributed by atoms with Crippen LogP contribution in [-0.2, 0) is 19.6 Å². The van der Waals surface area contributed by atoms with Crippen LogP contribution in [0.1, 0.15) is 12.8 Å². The van der Waals surface area contributed by atoms with E-state index >= 15 is 0 Å². The number of fused-ring (bicyclic) bond motifs is 1. The van der Waals surface area contributed by atoms with Crippen molar-refractivity contribution in [2.24, 2.45) is 5.73 Å². The lowest BCUT2D eigenvalue weighted by molar-refractivity contribution is -0.134. The van der Waals surface area contributed by atoms with Gasteiger partial charge in [-0.2, -0.15) is 4.31 Å². The lowest BCUT2D eigenvalue weighted by Gasteiger charge is -2.35. The van der Waals surface area contributed by atoms with Crippen molar-refractivity contribution in [3.05, 3.63) is 18.2 Å². The van der Waals surface area contributed by atoms with Crippen molar-refractivity contribution in [2.45, 2.75) is 23.3 Å². The third-order valence-corrected chi connectivity index (χ3v) is 6.86. The van der Waals surface area contributed by atoms with Gasteiger partial charge in [-0.25, -0.2) is 8.42 Å². The number of benzene rings is 1. The maximum atomic E-state index is 12.9. The minimum Gasteiger partial charge on any atom is -0.482 e.